The largest absolute Gasteiger partial charge is 0.334 e. The normalized spacial score (nSPS) is 12.5. The summed E-state index contributed by atoms with van der Waals surface area (Å²) in [5, 5.41) is 5.58. The van der Waals surface area contributed by atoms with Gasteiger partial charge in [0.1, 0.15) is 5.82 Å². The van der Waals surface area contributed by atoms with Crippen LogP contribution in [0.5, 0.6) is 0 Å². The molecular formula is C28H26N6O2. The second kappa shape index (κ2) is 10.4. The Hall–Kier alpha value is -4.59. The van der Waals surface area contributed by atoms with E-state index in [9.17, 15) is 9.59 Å². The Morgan fingerprint density at radius 3 is 2.53 bits per heavy atom. The molecule has 2 aromatic carbocycles. The SMILES string of the molecule is Cc1nc2c(c(-c3ccccc3)n1)CN(C(=O)c1ccc(NC(=O)NCc3cccnc3)cc1)CC2. The van der Waals surface area contributed by atoms with Crippen LogP contribution in [0.25, 0.3) is 11.3 Å². The number of carbonyl (C=O) groups is 2. The Balaban J connectivity index is 1.25. The van der Waals surface area contributed by atoms with Crippen LogP contribution in [0.4, 0.5) is 10.5 Å². The van der Waals surface area contributed by atoms with Crippen molar-refractivity contribution in [1.29, 1.82) is 0 Å². The molecule has 0 fully saturated rings. The third-order valence-electron chi connectivity index (χ3n) is 6.07. The van der Waals surface area contributed by atoms with Gasteiger partial charge < -0.3 is 15.5 Å². The molecule has 0 spiro atoms. The molecule has 0 aliphatic carbocycles. The lowest BCUT2D eigenvalue weighted by Crippen LogP contribution is -2.37. The smallest absolute Gasteiger partial charge is 0.319 e. The first-order chi connectivity index (χ1) is 17.6. The number of rotatable bonds is 5. The fourth-order valence-corrected chi connectivity index (χ4v) is 4.28. The minimum Gasteiger partial charge on any atom is -0.334 e. The zero-order valence-electron chi connectivity index (χ0n) is 19.9. The first-order valence-electron chi connectivity index (χ1n) is 11.8. The fourth-order valence-electron chi connectivity index (χ4n) is 4.28. The van der Waals surface area contributed by atoms with Crippen molar-refractivity contribution < 1.29 is 9.59 Å². The molecule has 8 nitrogen and oxygen atoms in total. The highest BCUT2D eigenvalue weighted by atomic mass is 16.2. The van der Waals surface area contributed by atoms with Gasteiger partial charge in [0.05, 0.1) is 11.4 Å². The predicted octanol–water partition coefficient (Wildman–Crippen LogP) is 4.37. The van der Waals surface area contributed by atoms with Crippen LogP contribution in [0.15, 0.2) is 79.1 Å². The van der Waals surface area contributed by atoms with Gasteiger partial charge in [0.25, 0.3) is 5.91 Å². The third kappa shape index (κ3) is 5.22. The molecule has 180 valence electrons. The molecule has 3 amide bonds. The summed E-state index contributed by atoms with van der Waals surface area (Å²) in [6, 6.07) is 20.3. The number of aromatic nitrogens is 3. The van der Waals surface area contributed by atoms with Crippen molar-refractivity contribution in [3.63, 3.8) is 0 Å². The summed E-state index contributed by atoms with van der Waals surface area (Å²) < 4.78 is 0. The number of urea groups is 1. The van der Waals surface area contributed by atoms with Crippen molar-refractivity contribution >= 4 is 17.6 Å². The lowest BCUT2D eigenvalue weighted by atomic mass is 9.98. The highest BCUT2D eigenvalue weighted by Gasteiger charge is 2.26. The zero-order valence-corrected chi connectivity index (χ0v) is 19.9. The predicted molar refractivity (Wildman–Crippen MR) is 137 cm³/mol. The Morgan fingerprint density at radius 1 is 0.972 bits per heavy atom. The van der Waals surface area contributed by atoms with Gasteiger partial charge in [-0.1, -0.05) is 36.4 Å². The maximum absolute atomic E-state index is 13.3. The number of hydrogen-bond donors (Lipinski definition) is 2. The van der Waals surface area contributed by atoms with E-state index in [2.05, 4.69) is 20.6 Å². The standard InChI is InChI=1S/C28H26N6O2/c1-19-31-25-13-15-34(18-24(25)26(32-19)21-7-3-2-4-8-21)27(35)22-9-11-23(12-10-22)33-28(36)30-17-20-6-5-14-29-16-20/h2-12,14,16H,13,15,17-18H2,1H3,(H2,30,33,36). The van der Waals surface area contributed by atoms with Crippen molar-refractivity contribution in [3.8, 4) is 11.3 Å². The van der Waals surface area contributed by atoms with E-state index >= 15 is 0 Å². The second-order valence-electron chi connectivity index (χ2n) is 8.63. The van der Waals surface area contributed by atoms with Crippen LogP contribution < -0.4 is 10.6 Å². The molecule has 5 rings (SSSR count). The molecule has 2 N–H and O–H groups in total. The van der Waals surface area contributed by atoms with Crippen LogP contribution in [-0.2, 0) is 19.5 Å². The van der Waals surface area contributed by atoms with E-state index in [1.165, 1.54) is 0 Å². The molecule has 3 heterocycles. The average molecular weight is 479 g/mol. The summed E-state index contributed by atoms with van der Waals surface area (Å²) >= 11 is 0. The summed E-state index contributed by atoms with van der Waals surface area (Å²) in [6.07, 6.45) is 4.07. The maximum Gasteiger partial charge on any atom is 0.319 e. The first-order valence-corrected chi connectivity index (χ1v) is 11.8. The van der Waals surface area contributed by atoms with E-state index in [-0.39, 0.29) is 11.9 Å². The highest BCUT2D eigenvalue weighted by molar-refractivity contribution is 5.95. The van der Waals surface area contributed by atoms with E-state index in [1.807, 2.05) is 54.3 Å². The number of pyridine rings is 1. The van der Waals surface area contributed by atoms with E-state index < -0.39 is 0 Å². The summed E-state index contributed by atoms with van der Waals surface area (Å²) in [5.41, 5.74) is 5.98. The van der Waals surface area contributed by atoms with E-state index in [0.29, 0.717) is 37.3 Å². The number of amides is 3. The van der Waals surface area contributed by atoms with Gasteiger partial charge in [0.15, 0.2) is 0 Å². The Kier molecular flexibility index (Phi) is 6.66. The quantitative estimate of drug-likeness (QED) is 0.444. The van der Waals surface area contributed by atoms with Gasteiger partial charge >= 0.3 is 6.03 Å². The molecule has 2 aromatic heterocycles. The maximum atomic E-state index is 13.3. The minimum absolute atomic E-state index is 0.0622. The monoisotopic (exact) mass is 478 g/mol. The number of nitrogens with zero attached hydrogens (tertiary/aromatic N) is 4. The van der Waals surface area contributed by atoms with E-state index in [1.54, 1.807) is 36.7 Å². The Labute approximate surface area is 209 Å². The van der Waals surface area contributed by atoms with Gasteiger partial charge in [-0.25, -0.2) is 14.8 Å². The van der Waals surface area contributed by atoms with Crippen LogP contribution >= 0.6 is 0 Å². The molecule has 0 unspecified atom stereocenters. The summed E-state index contributed by atoms with van der Waals surface area (Å²) in [6.45, 7) is 3.32. The van der Waals surface area contributed by atoms with Crippen LogP contribution in [0.2, 0.25) is 0 Å². The number of benzene rings is 2. The molecule has 0 radical (unpaired) electrons. The number of aryl methyl sites for hydroxylation is 1. The average Bonchev–Trinajstić information content (AvgIpc) is 2.92. The molecule has 1 aliphatic heterocycles. The first kappa shape index (κ1) is 23.2. The fraction of sp³-hybridized carbons (Fsp3) is 0.179. The van der Waals surface area contributed by atoms with Gasteiger partial charge in [-0.2, -0.15) is 0 Å². The topological polar surface area (TPSA) is 100 Å². The third-order valence-corrected chi connectivity index (χ3v) is 6.07. The number of nitrogens with one attached hydrogen (secondary N) is 2. The Morgan fingerprint density at radius 2 is 1.78 bits per heavy atom. The number of carbonyl (C=O) groups excluding carboxylic acids is 2. The molecule has 0 saturated heterocycles. The molecule has 1 aliphatic rings. The van der Waals surface area contributed by atoms with Gasteiger partial charge in [-0.05, 0) is 42.8 Å². The number of fused-ring (bicyclic) bond motifs is 1. The number of anilines is 1. The molecule has 0 atom stereocenters. The van der Waals surface area contributed by atoms with E-state index in [0.717, 1.165) is 33.9 Å². The number of hydrogen-bond acceptors (Lipinski definition) is 5. The molecule has 8 heteroatoms. The minimum atomic E-state index is -0.325. The zero-order chi connectivity index (χ0) is 24.9. The van der Waals surface area contributed by atoms with Gasteiger partial charge in [0, 0.05) is 60.8 Å². The van der Waals surface area contributed by atoms with Crippen LogP contribution in [-0.4, -0.2) is 38.3 Å². The lowest BCUT2D eigenvalue weighted by Gasteiger charge is -2.30. The van der Waals surface area contributed by atoms with Gasteiger partial charge in [-0.15, -0.1) is 0 Å². The molecule has 0 saturated carbocycles. The van der Waals surface area contributed by atoms with Crippen LogP contribution in [0.1, 0.15) is 33.0 Å². The van der Waals surface area contributed by atoms with Crippen molar-refractivity contribution in [2.75, 3.05) is 11.9 Å². The second-order valence-corrected chi connectivity index (χ2v) is 8.63. The van der Waals surface area contributed by atoms with Crippen molar-refractivity contribution in [2.24, 2.45) is 0 Å². The van der Waals surface area contributed by atoms with Crippen molar-refractivity contribution in [1.82, 2.24) is 25.2 Å². The summed E-state index contributed by atoms with van der Waals surface area (Å²) in [4.78, 5) is 40.7. The van der Waals surface area contributed by atoms with E-state index in [4.69, 9.17) is 4.98 Å². The molecular weight excluding hydrogens is 452 g/mol. The summed E-state index contributed by atoms with van der Waals surface area (Å²) in [5.74, 6) is 0.674. The van der Waals surface area contributed by atoms with Gasteiger partial charge in [-0.3, -0.25) is 9.78 Å². The van der Waals surface area contributed by atoms with Crippen LogP contribution in [0.3, 0.4) is 0 Å². The Bertz CT molecular complexity index is 1370. The van der Waals surface area contributed by atoms with Gasteiger partial charge in [0.2, 0.25) is 0 Å². The van der Waals surface area contributed by atoms with Crippen molar-refractivity contribution in [2.45, 2.75) is 26.4 Å². The molecule has 36 heavy (non-hydrogen) atoms. The summed E-state index contributed by atoms with van der Waals surface area (Å²) in [7, 11) is 0. The highest BCUT2D eigenvalue weighted by Crippen LogP contribution is 2.29. The van der Waals surface area contributed by atoms with Crippen LogP contribution in [0, 0.1) is 6.92 Å². The lowest BCUT2D eigenvalue weighted by molar-refractivity contribution is 0.0733. The molecule has 0 bridgehead atoms. The molecule has 4 aromatic rings. The van der Waals surface area contributed by atoms with Crippen molar-refractivity contribution in [3.05, 3.63) is 107 Å².